The van der Waals surface area contributed by atoms with Crippen molar-refractivity contribution in [2.45, 2.75) is 76.2 Å². The summed E-state index contributed by atoms with van der Waals surface area (Å²) in [7, 11) is 0. The van der Waals surface area contributed by atoms with E-state index in [1.165, 1.54) is 47.0 Å². The Morgan fingerprint density at radius 3 is 1.08 bits per heavy atom. The molecule has 0 bridgehead atoms. The van der Waals surface area contributed by atoms with Crippen LogP contribution in [0.4, 0.5) is 0 Å². The molecular weight excluding hydrogens is 2450 g/mol. The molecule has 12 aromatic heterocycles. The molecule has 0 unspecified atom stereocenters. The molecule has 0 aliphatic carbocycles. The minimum absolute atomic E-state index is 0. The number of benzene rings is 7. The zero-order valence-electron chi connectivity index (χ0n) is 69.1. The predicted octanol–water partition coefficient (Wildman–Crippen LogP) is 24.9. The maximum absolute atomic E-state index is 10.4. The Morgan fingerprint density at radius 1 is 0.277 bits per heavy atom. The summed E-state index contributed by atoms with van der Waals surface area (Å²) in [6, 6.07) is 122. The maximum Gasteiger partial charge on any atom is 2.00 e. The van der Waals surface area contributed by atoms with E-state index in [0.29, 0.717) is 68.3 Å². The number of nitrogens with zero attached hydrogens (tertiary/aromatic N) is 14. The molecule has 0 fully saturated rings. The van der Waals surface area contributed by atoms with E-state index >= 15 is 0 Å². The van der Waals surface area contributed by atoms with Crippen LogP contribution in [-0.2, 0) is 115 Å². The summed E-state index contributed by atoms with van der Waals surface area (Å²) >= 11 is 17.2. The minimum atomic E-state index is -0.274. The largest absolute Gasteiger partial charge is 2.00 e. The smallest absolute Gasteiger partial charge is 0.792 e. The Labute approximate surface area is 840 Å². The molecule has 0 spiro atoms. The Hall–Kier alpha value is -11.6. The summed E-state index contributed by atoms with van der Waals surface area (Å²) in [6.07, 6.45) is 8.91. The summed E-state index contributed by atoms with van der Waals surface area (Å²) < 4.78 is 0. The Morgan fingerprint density at radius 2 is 0.631 bits per heavy atom. The van der Waals surface area contributed by atoms with Crippen LogP contribution in [0.25, 0.3) is 124 Å². The molecular formula is C104H72N14O2Pt4S6-2. The van der Waals surface area contributed by atoms with Crippen molar-refractivity contribution in [3.63, 3.8) is 0 Å². The number of aromatic nitrogens is 14. The van der Waals surface area contributed by atoms with Gasteiger partial charge in [-0.25, -0.2) is 29.7 Å². The first-order valence-electron chi connectivity index (χ1n) is 39.7. The quantitative estimate of drug-likeness (QED) is 0.0567. The zero-order valence-corrected chi connectivity index (χ0v) is 83.1. The van der Waals surface area contributed by atoms with Crippen molar-refractivity contribution in [2.24, 2.45) is 0 Å². The Kier molecular flexibility index (Phi) is 35.8. The summed E-state index contributed by atoms with van der Waals surface area (Å²) in [6.45, 7) is 6.17. The van der Waals surface area contributed by atoms with Crippen molar-refractivity contribution in [2.75, 3.05) is 0 Å². The van der Waals surface area contributed by atoms with Gasteiger partial charge >= 0.3 is 42.1 Å². The third-order valence-electron chi connectivity index (χ3n) is 18.7. The number of phenols is 2. The number of hydrogen-bond acceptors (Lipinski definition) is 22. The van der Waals surface area contributed by atoms with Crippen molar-refractivity contribution in [1.82, 2.24) is 69.8 Å². The van der Waals surface area contributed by atoms with Crippen molar-refractivity contribution in [3.8, 4) is 136 Å². The number of pyridine rings is 10. The van der Waals surface area contributed by atoms with Crippen LogP contribution in [0.3, 0.4) is 0 Å². The fraction of sp³-hybridized carbons (Fsp3) is 0.0385. The van der Waals surface area contributed by atoms with Gasteiger partial charge in [0.1, 0.15) is 25.9 Å². The third-order valence-corrected chi connectivity index (χ3v) is 22.9. The SMILES string of the molecule is CC(C)(C)c1nc(-c2cccc(Sc3ccccn3)n2)[c-]c(-c2ccccc2O)n1.Oc1ccccc1-c1[c-]c(-c2cccc(Sc3ccccn3)n2)nc(-c2ccccc2)c1.[Pt+2].[Pt+2].[Pt].[Pt].[S-]c1ccccc1-c1[c-]c(-c2cccc(Sc3ccccn3)n2)cnc1-c1ccccc1.[S-]c1ccccc1-c1[c-]c(-c2cccc(Sc3ccccn3)n2)nc(-c2ccccc2)n1. The fourth-order valence-corrected chi connectivity index (χ4v) is 16.2. The second-order valence-corrected chi connectivity index (χ2v) is 33.7. The van der Waals surface area contributed by atoms with Crippen molar-refractivity contribution in [3.05, 3.63) is 401 Å². The third kappa shape index (κ3) is 26.2. The number of aromatic hydroxyl groups is 2. The standard InChI is InChI=1S/C27H18N3OS.C27H18N3S2.C26H17N4S2.C24H21N4OS.4Pt/c31-25-13-5-4-11-21(25)20-17-23(19-9-2-1-3-10-19)29-24(18-20)22-12-8-15-27(30-22)32-26-14-6-7-16-28-26;31-24-13-5-4-11-21(24)22-17-20(18-29-27(22)19-9-2-1-3-10-19)23-12-8-15-26(30-23)32-25-14-6-7-16-28-25;31-23-13-5-4-11-19(23)21-17-22(30-26(29-21)18-9-2-1-3-10-18)20-12-8-15-25(28-20)32-24-14-6-7-16-27-24;1-24(2,3)23-27-18(16-9-4-5-11-20(16)29)15-19(28-23)17-10-8-13-22(26-17)30-21-12-6-7-14-25-21;;;;/h1-17,31H;1-16,18,31H;1-16,31H;4-14,29H,1-3H3;;;;/q4*-1;;;2*+2/p-2. The zero-order chi connectivity index (χ0) is 86.4. The average Bonchev–Trinajstić information content (AvgIpc) is 0.741. The first-order valence-corrected chi connectivity index (χ1v) is 43.8. The molecule has 19 rings (SSSR count). The molecule has 648 valence electrons. The van der Waals surface area contributed by atoms with Gasteiger partial charge in [0.05, 0.1) is 31.6 Å². The minimum Gasteiger partial charge on any atom is -0.792 e. The molecule has 0 radical (unpaired) electrons. The first-order chi connectivity index (χ1) is 61.7. The van der Waals surface area contributed by atoms with Crippen molar-refractivity contribution >= 4 is 72.3 Å². The normalized spacial score (nSPS) is 10.6. The molecule has 19 aromatic rings. The molecule has 7 aromatic carbocycles. The molecule has 16 nitrogen and oxygen atoms in total. The van der Waals surface area contributed by atoms with Gasteiger partial charge in [-0.3, -0.25) is 34.9 Å². The van der Waals surface area contributed by atoms with E-state index in [0.717, 1.165) is 112 Å². The molecule has 2 N–H and O–H groups in total. The summed E-state index contributed by atoms with van der Waals surface area (Å²) in [5.74, 6) is 1.63. The van der Waals surface area contributed by atoms with E-state index in [1.807, 2.05) is 322 Å². The fourth-order valence-electron chi connectivity index (χ4n) is 12.6. The van der Waals surface area contributed by atoms with Gasteiger partial charge in [-0.2, -0.15) is 0 Å². The number of para-hydroxylation sites is 2. The van der Waals surface area contributed by atoms with Gasteiger partial charge < -0.3 is 50.4 Å². The molecule has 0 aliphatic heterocycles. The van der Waals surface area contributed by atoms with Crippen LogP contribution in [0.2, 0.25) is 0 Å². The van der Waals surface area contributed by atoms with Gasteiger partial charge in [0.2, 0.25) is 0 Å². The van der Waals surface area contributed by atoms with Gasteiger partial charge in [-0.1, -0.05) is 332 Å². The van der Waals surface area contributed by atoms with Gasteiger partial charge in [0.15, 0.2) is 5.82 Å². The Balaban J connectivity index is 0.000000155. The van der Waals surface area contributed by atoms with Crippen molar-refractivity contribution < 1.29 is 94.5 Å². The first kappa shape index (κ1) is 97.5. The van der Waals surface area contributed by atoms with Gasteiger partial charge in [0.25, 0.3) is 0 Å². The van der Waals surface area contributed by atoms with E-state index in [-0.39, 0.29) is 101 Å². The maximum atomic E-state index is 10.4. The van der Waals surface area contributed by atoms with Crippen molar-refractivity contribution in [1.29, 1.82) is 0 Å². The topological polar surface area (TPSA) is 221 Å². The number of hydrogen-bond donors (Lipinski definition) is 2. The van der Waals surface area contributed by atoms with Gasteiger partial charge in [0, 0.05) is 106 Å². The van der Waals surface area contributed by atoms with Crippen LogP contribution in [-0.4, -0.2) is 80.0 Å². The molecule has 0 amide bonds. The van der Waals surface area contributed by atoms with Gasteiger partial charge in [-0.05, 0) is 136 Å². The van der Waals surface area contributed by atoms with E-state index in [4.69, 9.17) is 70.1 Å². The molecule has 0 atom stereocenters. The molecule has 26 heteroatoms. The summed E-state index contributed by atoms with van der Waals surface area (Å²) in [5.41, 5.74) is 15.8. The van der Waals surface area contributed by atoms with E-state index < -0.39 is 0 Å². The van der Waals surface area contributed by atoms with Crippen LogP contribution in [0.1, 0.15) is 26.6 Å². The molecule has 0 saturated carbocycles. The molecule has 0 aliphatic rings. The van der Waals surface area contributed by atoms with Crippen LogP contribution in [0.15, 0.2) is 421 Å². The van der Waals surface area contributed by atoms with Crippen LogP contribution >= 0.6 is 47.0 Å². The second-order valence-electron chi connectivity index (χ2n) is 28.7. The number of rotatable bonds is 19. The molecule has 12 heterocycles. The molecule has 130 heavy (non-hydrogen) atoms. The van der Waals surface area contributed by atoms with E-state index in [2.05, 4.69) is 70.0 Å². The summed E-state index contributed by atoms with van der Waals surface area (Å²) in [5, 5.41) is 27.6. The van der Waals surface area contributed by atoms with E-state index in [1.54, 1.807) is 49.1 Å². The molecule has 0 saturated heterocycles. The summed E-state index contributed by atoms with van der Waals surface area (Å²) in [4.78, 5) is 66.8. The van der Waals surface area contributed by atoms with Crippen LogP contribution in [0.5, 0.6) is 11.5 Å². The second kappa shape index (κ2) is 47.8. The van der Waals surface area contributed by atoms with Crippen LogP contribution < -0.4 is 0 Å². The number of phenolic OH excluding ortho intramolecular Hbond substituents is 2. The van der Waals surface area contributed by atoms with E-state index in [9.17, 15) is 10.2 Å². The van der Waals surface area contributed by atoms with Crippen LogP contribution in [0, 0.1) is 24.3 Å². The van der Waals surface area contributed by atoms with Gasteiger partial charge in [-0.15, -0.1) is 53.6 Å². The Bertz CT molecular complexity index is 6720. The average molecular weight is 2520 g/mol. The monoisotopic (exact) mass is 2520 g/mol. The predicted molar refractivity (Wildman–Crippen MR) is 506 cm³/mol.